The summed E-state index contributed by atoms with van der Waals surface area (Å²) in [5.74, 6) is 5.64. The summed E-state index contributed by atoms with van der Waals surface area (Å²) in [4.78, 5) is 0. The zero-order valence-corrected chi connectivity index (χ0v) is 10.8. The number of terminal acetylenes is 1. The fourth-order valence-electron chi connectivity index (χ4n) is 1.49. The molecule has 0 aromatic carbocycles. The highest BCUT2D eigenvalue weighted by Gasteiger charge is 2.06. The van der Waals surface area contributed by atoms with Crippen molar-refractivity contribution < 1.29 is 4.42 Å². The molecule has 3 heteroatoms. The van der Waals surface area contributed by atoms with Crippen molar-refractivity contribution in [2.24, 2.45) is 0 Å². The van der Waals surface area contributed by atoms with E-state index in [2.05, 4.69) is 24.4 Å². The molecule has 0 saturated carbocycles. The van der Waals surface area contributed by atoms with Crippen molar-refractivity contribution in [3.8, 4) is 12.3 Å². The second kappa shape index (κ2) is 7.43. The lowest BCUT2D eigenvalue weighted by atomic mass is 10.1. The zero-order valence-electron chi connectivity index (χ0n) is 9.95. The molecule has 1 rings (SSSR count). The minimum atomic E-state index is 0.388. The molecule has 88 valence electrons. The second-order valence-electron chi connectivity index (χ2n) is 3.70. The fourth-order valence-corrected chi connectivity index (χ4v) is 1.92. The maximum absolute atomic E-state index is 5.66. The predicted molar refractivity (Wildman–Crippen MR) is 70.3 cm³/mol. The van der Waals surface area contributed by atoms with Crippen LogP contribution in [0.1, 0.15) is 31.3 Å². The molecular weight excluding hydrogens is 218 g/mol. The Morgan fingerprint density at radius 3 is 2.88 bits per heavy atom. The molecule has 1 N–H and O–H groups in total. The van der Waals surface area contributed by atoms with Crippen LogP contribution in [0.15, 0.2) is 16.5 Å². The molecule has 0 amide bonds. The molecule has 0 aliphatic heterocycles. The molecule has 1 unspecified atom stereocenters. The highest BCUT2D eigenvalue weighted by Crippen LogP contribution is 2.13. The Bertz CT molecular complexity index is 340. The van der Waals surface area contributed by atoms with Gasteiger partial charge in [-0.05, 0) is 24.8 Å². The second-order valence-corrected chi connectivity index (χ2v) is 4.56. The number of hydrogen-bond acceptors (Lipinski definition) is 3. The molecule has 1 aromatic heterocycles. The lowest BCUT2D eigenvalue weighted by Gasteiger charge is -2.12. The van der Waals surface area contributed by atoms with E-state index in [-0.39, 0.29) is 0 Å². The molecule has 2 nitrogen and oxygen atoms in total. The van der Waals surface area contributed by atoms with Gasteiger partial charge in [-0.3, -0.25) is 0 Å². The van der Waals surface area contributed by atoms with Gasteiger partial charge in [0.15, 0.2) is 0 Å². The smallest absolute Gasteiger partial charge is 0.118 e. The van der Waals surface area contributed by atoms with Crippen LogP contribution in [0, 0.1) is 12.3 Å². The number of furan rings is 1. The minimum Gasteiger partial charge on any atom is -0.464 e. The van der Waals surface area contributed by atoms with Crippen LogP contribution >= 0.6 is 11.8 Å². The first-order chi connectivity index (χ1) is 7.80. The van der Waals surface area contributed by atoms with E-state index in [9.17, 15) is 0 Å². The molecule has 0 bridgehead atoms. The van der Waals surface area contributed by atoms with Gasteiger partial charge >= 0.3 is 0 Å². The molecule has 0 spiro atoms. The Hall–Kier alpha value is -0.850. The highest BCUT2D eigenvalue weighted by molar-refractivity contribution is 7.97. The van der Waals surface area contributed by atoms with Crippen molar-refractivity contribution in [1.82, 2.24) is 5.32 Å². The lowest BCUT2D eigenvalue weighted by molar-refractivity contribution is 0.426. The van der Waals surface area contributed by atoms with Crippen LogP contribution in [-0.4, -0.2) is 12.3 Å². The van der Waals surface area contributed by atoms with Gasteiger partial charge in [0, 0.05) is 12.5 Å². The first kappa shape index (κ1) is 13.2. The van der Waals surface area contributed by atoms with E-state index in [1.807, 2.05) is 12.1 Å². The summed E-state index contributed by atoms with van der Waals surface area (Å²) in [5.41, 5.74) is 0. The molecule has 1 atom stereocenters. The molecule has 0 saturated heterocycles. The van der Waals surface area contributed by atoms with Crippen LogP contribution in [0.5, 0.6) is 0 Å². The van der Waals surface area contributed by atoms with Gasteiger partial charge in [0.1, 0.15) is 11.5 Å². The van der Waals surface area contributed by atoms with Crippen LogP contribution in [0.3, 0.4) is 0 Å². The van der Waals surface area contributed by atoms with Gasteiger partial charge in [-0.2, -0.15) is 11.8 Å². The van der Waals surface area contributed by atoms with Crippen molar-refractivity contribution in [2.45, 2.75) is 38.1 Å². The van der Waals surface area contributed by atoms with Gasteiger partial charge in [-0.25, -0.2) is 0 Å². The monoisotopic (exact) mass is 237 g/mol. The van der Waals surface area contributed by atoms with Crippen molar-refractivity contribution in [3.63, 3.8) is 0 Å². The lowest BCUT2D eigenvalue weighted by Crippen LogP contribution is -2.27. The number of hydrogen-bond donors (Lipinski definition) is 1. The van der Waals surface area contributed by atoms with Gasteiger partial charge in [0.25, 0.3) is 0 Å². The highest BCUT2D eigenvalue weighted by atomic mass is 32.2. The van der Waals surface area contributed by atoms with Gasteiger partial charge in [0.05, 0.1) is 12.3 Å². The summed E-state index contributed by atoms with van der Waals surface area (Å²) in [6.07, 6.45) is 9.19. The Morgan fingerprint density at radius 1 is 1.50 bits per heavy atom. The van der Waals surface area contributed by atoms with Crippen LogP contribution in [0.4, 0.5) is 0 Å². The predicted octanol–water partition coefficient (Wildman–Crippen LogP) is 3.03. The Kier molecular flexibility index (Phi) is 6.14. The normalized spacial score (nSPS) is 12.3. The van der Waals surface area contributed by atoms with E-state index in [4.69, 9.17) is 10.8 Å². The summed E-state index contributed by atoms with van der Waals surface area (Å²) in [7, 11) is 0. The topological polar surface area (TPSA) is 25.2 Å². The molecular formula is C13H19NOS. The van der Waals surface area contributed by atoms with E-state index < -0.39 is 0 Å². The van der Waals surface area contributed by atoms with Crippen LogP contribution in [-0.2, 0) is 12.3 Å². The summed E-state index contributed by atoms with van der Waals surface area (Å²) in [5, 5.41) is 3.40. The van der Waals surface area contributed by atoms with Crippen LogP contribution in [0.2, 0.25) is 0 Å². The van der Waals surface area contributed by atoms with E-state index in [1.165, 1.54) is 0 Å². The Morgan fingerprint density at radius 2 is 2.25 bits per heavy atom. The Labute approximate surface area is 102 Å². The van der Waals surface area contributed by atoms with Gasteiger partial charge < -0.3 is 9.73 Å². The first-order valence-corrected chi connectivity index (χ1v) is 6.92. The number of nitrogens with one attached hydrogen (secondary N) is 1. The van der Waals surface area contributed by atoms with Gasteiger partial charge in [0.2, 0.25) is 0 Å². The van der Waals surface area contributed by atoms with Crippen molar-refractivity contribution >= 4 is 11.8 Å². The maximum Gasteiger partial charge on any atom is 0.118 e. The van der Waals surface area contributed by atoms with Gasteiger partial charge in [-0.15, -0.1) is 12.3 Å². The first-order valence-electron chi connectivity index (χ1n) is 5.53. The maximum atomic E-state index is 5.66. The Balaban J connectivity index is 2.38. The van der Waals surface area contributed by atoms with Crippen molar-refractivity contribution in [3.05, 3.63) is 23.7 Å². The summed E-state index contributed by atoms with van der Waals surface area (Å²) < 4.78 is 5.66. The average molecular weight is 237 g/mol. The quantitative estimate of drug-likeness (QED) is 0.738. The molecule has 1 heterocycles. The van der Waals surface area contributed by atoms with Crippen LogP contribution < -0.4 is 5.32 Å². The van der Waals surface area contributed by atoms with E-state index in [0.717, 1.165) is 36.7 Å². The third kappa shape index (κ3) is 4.34. The summed E-state index contributed by atoms with van der Waals surface area (Å²) in [6, 6.07) is 4.45. The number of rotatable bonds is 7. The summed E-state index contributed by atoms with van der Waals surface area (Å²) in [6.45, 7) is 2.89. The van der Waals surface area contributed by atoms with E-state index >= 15 is 0 Å². The zero-order chi connectivity index (χ0) is 11.8. The standard InChI is InChI=1S/C13H19NOS/c1-4-6-11(5-2)14-9-12-7-8-13(15-12)10-16-3/h1,7-8,11,14H,5-6,9-10H2,2-3H3. The van der Waals surface area contributed by atoms with E-state index in [0.29, 0.717) is 6.04 Å². The van der Waals surface area contributed by atoms with Crippen molar-refractivity contribution in [1.29, 1.82) is 0 Å². The van der Waals surface area contributed by atoms with E-state index in [1.54, 1.807) is 11.8 Å². The van der Waals surface area contributed by atoms with Gasteiger partial charge in [-0.1, -0.05) is 6.92 Å². The van der Waals surface area contributed by atoms with Crippen molar-refractivity contribution in [2.75, 3.05) is 6.26 Å². The fraction of sp³-hybridized carbons (Fsp3) is 0.538. The third-order valence-corrected chi connectivity index (χ3v) is 3.00. The largest absolute Gasteiger partial charge is 0.464 e. The molecule has 0 radical (unpaired) electrons. The molecule has 1 aromatic rings. The SMILES string of the molecule is C#CCC(CC)NCc1ccc(CSC)o1. The molecule has 16 heavy (non-hydrogen) atoms. The third-order valence-electron chi connectivity index (χ3n) is 2.43. The molecule has 0 aliphatic carbocycles. The molecule has 0 fully saturated rings. The van der Waals surface area contributed by atoms with Crippen LogP contribution in [0.25, 0.3) is 0 Å². The number of thioether (sulfide) groups is 1. The average Bonchev–Trinajstić information content (AvgIpc) is 2.72. The molecule has 0 aliphatic rings. The summed E-state index contributed by atoms with van der Waals surface area (Å²) >= 11 is 1.76. The minimum absolute atomic E-state index is 0.388.